The molecule has 0 spiro atoms. The molecule has 86 valence electrons. The second-order valence-corrected chi connectivity index (χ2v) is 5.26. The van der Waals surface area contributed by atoms with Gasteiger partial charge in [0, 0.05) is 5.54 Å². The molecule has 1 atom stereocenters. The van der Waals surface area contributed by atoms with Crippen molar-refractivity contribution in [3.8, 4) is 0 Å². The molecule has 0 saturated heterocycles. The number of hydrogen-bond donors (Lipinski definition) is 1. The predicted octanol–water partition coefficient (Wildman–Crippen LogP) is 2.64. The summed E-state index contributed by atoms with van der Waals surface area (Å²) in [4.78, 5) is 2.18. The van der Waals surface area contributed by atoms with E-state index in [9.17, 15) is 0 Å². The molecule has 3 nitrogen and oxygen atoms in total. The molecule has 4 heteroatoms. The van der Waals surface area contributed by atoms with Crippen molar-refractivity contribution in [1.29, 1.82) is 0 Å². The van der Waals surface area contributed by atoms with E-state index in [2.05, 4.69) is 54.1 Å². The van der Waals surface area contributed by atoms with Crippen LogP contribution < -0.4 is 5.32 Å². The van der Waals surface area contributed by atoms with E-state index >= 15 is 0 Å². The minimum Gasteiger partial charge on any atom is -0.466 e. The molecule has 0 aromatic carbocycles. The first-order chi connectivity index (χ1) is 6.91. The van der Waals surface area contributed by atoms with Crippen molar-refractivity contribution in [2.45, 2.75) is 25.4 Å². The Morgan fingerprint density at radius 2 is 2.07 bits per heavy atom. The minimum atomic E-state index is -0.0187. The lowest BCUT2D eigenvalue weighted by Crippen LogP contribution is -2.48. The van der Waals surface area contributed by atoms with Gasteiger partial charge in [-0.15, -0.1) is 0 Å². The monoisotopic (exact) mass is 274 g/mol. The highest BCUT2D eigenvalue weighted by molar-refractivity contribution is 9.10. The van der Waals surface area contributed by atoms with Crippen molar-refractivity contribution >= 4 is 15.9 Å². The Labute approximate surface area is 100.0 Å². The van der Waals surface area contributed by atoms with Crippen molar-refractivity contribution in [1.82, 2.24) is 10.2 Å². The Kier molecular flexibility index (Phi) is 3.98. The summed E-state index contributed by atoms with van der Waals surface area (Å²) in [7, 11) is 6.09. The molecule has 1 heterocycles. The third-order valence-electron chi connectivity index (χ3n) is 3.05. The van der Waals surface area contributed by atoms with E-state index in [-0.39, 0.29) is 11.6 Å². The van der Waals surface area contributed by atoms with E-state index in [1.807, 2.05) is 13.1 Å². The van der Waals surface area contributed by atoms with Gasteiger partial charge in [0.25, 0.3) is 0 Å². The van der Waals surface area contributed by atoms with Crippen LogP contribution in [0.3, 0.4) is 0 Å². The largest absolute Gasteiger partial charge is 0.466 e. The van der Waals surface area contributed by atoms with Crippen LogP contribution in [0.25, 0.3) is 0 Å². The van der Waals surface area contributed by atoms with Crippen LogP contribution in [0.15, 0.2) is 21.2 Å². The molecule has 1 aromatic heterocycles. The zero-order valence-electron chi connectivity index (χ0n) is 9.97. The lowest BCUT2D eigenvalue weighted by atomic mass is 9.91. The zero-order chi connectivity index (χ0) is 11.6. The molecule has 0 radical (unpaired) electrons. The van der Waals surface area contributed by atoms with Gasteiger partial charge in [0.05, 0.1) is 16.8 Å². The first-order valence-corrected chi connectivity index (χ1v) is 5.78. The summed E-state index contributed by atoms with van der Waals surface area (Å²) in [5, 5.41) is 3.30. The van der Waals surface area contributed by atoms with Crippen LogP contribution in [0.2, 0.25) is 0 Å². The highest BCUT2D eigenvalue weighted by Crippen LogP contribution is 2.33. The molecule has 1 rings (SSSR count). The Morgan fingerprint density at radius 1 is 1.47 bits per heavy atom. The van der Waals surface area contributed by atoms with Crippen LogP contribution in [0.1, 0.15) is 25.6 Å². The lowest BCUT2D eigenvalue weighted by molar-refractivity contribution is 0.129. The van der Waals surface area contributed by atoms with E-state index in [1.54, 1.807) is 6.26 Å². The van der Waals surface area contributed by atoms with Gasteiger partial charge in [0.15, 0.2) is 0 Å². The SMILES string of the molecule is CNC(c1occc1Br)C(C)(C)N(C)C. The highest BCUT2D eigenvalue weighted by atomic mass is 79.9. The maximum atomic E-state index is 5.52. The molecule has 0 saturated carbocycles. The van der Waals surface area contributed by atoms with Crippen molar-refractivity contribution in [2.75, 3.05) is 21.1 Å². The normalized spacial score (nSPS) is 14.6. The molecule has 1 unspecified atom stereocenters. The van der Waals surface area contributed by atoms with Gasteiger partial charge in [-0.05, 0) is 57.0 Å². The van der Waals surface area contributed by atoms with E-state index in [0.29, 0.717) is 0 Å². The maximum absolute atomic E-state index is 5.52. The van der Waals surface area contributed by atoms with Crippen molar-refractivity contribution in [3.63, 3.8) is 0 Å². The molecule has 0 amide bonds. The third-order valence-corrected chi connectivity index (χ3v) is 3.71. The van der Waals surface area contributed by atoms with E-state index in [0.717, 1.165) is 10.2 Å². The predicted molar refractivity (Wildman–Crippen MR) is 66.0 cm³/mol. The van der Waals surface area contributed by atoms with Crippen LogP contribution >= 0.6 is 15.9 Å². The number of likely N-dealkylation sites (N-methyl/N-ethyl adjacent to an activating group) is 2. The van der Waals surface area contributed by atoms with Gasteiger partial charge in [-0.2, -0.15) is 0 Å². The second kappa shape index (κ2) is 4.68. The van der Waals surface area contributed by atoms with E-state index in [4.69, 9.17) is 4.42 Å². The van der Waals surface area contributed by atoms with Crippen LogP contribution in [-0.4, -0.2) is 31.6 Å². The Morgan fingerprint density at radius 3 is 2.40 bits per heavy atom. The number of nitrogens with one attached hydrogen (secondary N) is 1. The lowest BCUT2D eigenvalue weighted by Gasteiger charge is -2.39. The van der Waals surface area contributed by atoms with Crippen LogP contribution in [-0.2, 0) is 0 Å². The maximum Gasteiger partial charge on any atom is 0.136 e. The van der Waals surface area contributed by atoms with Gasteiger partial charge in [0.2, 0.25) is 0 Å². The first-order valence-electron chi connectivity index (χ1n) is 4.98. The molecule has 0 aliphatic rings. The van der Waals surface area contributed by atoms with Gasteiger partial charge in [0.1, 0.15) is 5.76 Å². The fourth-order valence-electron chi connectivity index (χ4n) is 1.57. The van der Waals surface area contributed by atoms with Gasteiger partial charge in [-0.3, -0.25) is 0 Å². The average Bonchev–Trinajstić information content (AvgIpc) is 2.53. The van der Waals surface area contributed by atoms with Gasteiger partial charge < -0.3 is 14.6 Å². The number of nitrogens with zero attached hydrogens (tertiary/aromatic N) is 1. The summed E-state index contributed by atoms with van der Waals surface area (Å²) >= 11 is 3.50. The van der Waals surface area contributed by atoms with Crippen LogP contribution in [0, 0.1) is 0 Å². The molecule has 1 aromatic rings. The number of rotatable bonds is 4. The third kappa shape index (κ3) is 2.44. The molecule has 15 heavy (non-hydrogen) atoms. The average molecular weight is 275 g/mol. The highest BCUT2D eigenvalue weighted by Gasteiger charge is 2.34. The molecule has 0 aliphatic heterocycles. The minimum absolute atomic E-state index is 0.0187. The summed E-state index contributed by atoms with van der Waals surface area (Å²) in [5.74, 6) is 0.941. The Bertz CT molecular complexity index is 320. The van der Waals surface area contributed by atoms with Crippen molar-refractivity contribution < 1.29 is 4.42 Å². The summed E-state index contributed by atoms with van der Waals surface area (Å²) < 4.78 is 6.53. The van der Waals surface area contributed by atoms with Gasteiger partial charge in [-0.1, -0.05) is 0 Å². The van der Waals surface area contributed by atoms with Crippen LogP contribution in [0.4, 0.5) is 0 Å². The summed E-state index contributed by atoms with van der Waals surface area (Å²) in [6.07, 6.45) is 1.70. The summed E-state index contributed by atoms with van der Waals surface area (Å²) in [5.41, 5.74) is -0.0187. The molecule has 0 fully saturated rings. The fourth-order valence-corrected chi connectivity index (χ4v) is 2.01. The summed E-state index contributed by atoms with van der Waals surface area (Å²) in [6, 6.07) is 2.07. The van der Waals surface area contributed by atoms with E-state index < -0.39 is 0 Å². The topological polar surface area (TPSA) is 28.4 Å². The Balaban J connectivity index is 3.04. The zero-order valence-corrected chi connectivity index (χ0v) is 11.6. The van der Waals surface area contributed by atoms with Crippen LogP contribution in [0.5, 0.6) is 0 Å². The number of furan rings is 1. The molecular formula is C11H19BrN2O. The fraction of sp³-hybridized carbons (Fsp3) is 0.636. The van der Waals surface area contributed by atoms with Crippen molar-refractivity contribution in [3.05, 3.63) is 22.6 Å². The molecule has 0 aliphatic carbocycles. The standard InChI is InChI=1S/C11H19BrN2O/c1-11(2,14(4)5)10(13-3)9-8(12)6-7-15-9/h6-7,10,13H,1-5H3. The molecule has 0 bridgehead atoms. The summed E-state index contributed by atoms with van der Waals surface area (Å²) in [6.45, 7) is 4.37. The number of halogens is 1. The van der Waals surface area contributed by atoms with Gasteiger partial charge >= 0.3 is 0 Å². The number of hydrogen-bond acceptors (Lipinski definition) is 3. The quantitative estimate of drug-likeness (QED) is 0.915. The molecule has 1 N–H and O–H groups in total. The van der Waals surface area contributed by atoms with E-state index in [1.165, 1.54) is 0 Å². The Hall–Kier alpha value is -0.320. The van der Waals surface area contributed by atoms with Gasteiger partial charge in [-0.25, -0.2) is 0 Å². The molecular weight excluding hydrogens is 256 g/mol. The first kappa shape index (κ1) is 12.7. The van der Waals surface area contributed by atoms with Crippen molar-refractivity contribution in [2.24, 2.45) is 0 Å². The second-order valence-electron chi connectivity index (χ2n) is 4.40. The smallest absolute Gasteiger partial charge is 0.136 e.